The zero-order valence-corrected chi connectivity index (χ0v) is 13.9. The molecule has 1 heterocycles. The van der Waals surface area contributed by atoms with Crippen molar-refractivity contribution in [3.63, 3.8) is 0 Å². The molecule has 0 N–H and O–H groups in total. The van der Waals surface area contributed by atoms with Crippen molar-refractivity contribution >= 4 is 43.5 Å². The van der Waals surface area contributed by atoms with Crippen LogP contribution in [0.15, 0.2) is 44.4 Å². The summed E-state index contributed by atoms with van der Waals surface area (Å²) in [5.74, 6) is -0.0575. The number of halogens is 2. The minimum atomic E-state index is -0.789. The molecule has 1 fully saturated rings. The van der Waals surface area contributed by atoms with Crippen LogP contribution < -0.4 is 4.90 Å². The van der Waals surface area contributed by atoms with Crippen molar-refractivity contribution in [2.24, 2.45) is 10.5 Å². The highest BCUT2D eigenvalue weighted by atomic mass is 79.9. The summed E-state index contributed by atoms with van der Waals surface area (Å²) < 4.78 is 0.959. The van der Waals surface area contributed by atoms with Crippen molar-refractivity contribution < 1.29 is 4.79 Å². The summed E-state index contributed by atoms with van der Waals surface area (Å²) in [6.45, 7) is 2.41. The van der Waals surface area contributed by atoms with E-state index in [1.54, 1.807) is 16.8 Å². The molecule has 0 aliphatic carbocycles. The summed E-state index contributed by atoms with van der Waals surface area (Å²) >= 11 is 6.67. The SMILES string of the molecule is CC1(CN=[N+]=[N-])C(=O)N(c2ccc(Br)cc2)CC1=CBr. The zero-order valence-electron chi connectivity index (χ0n) is 10.8. The van der Waals surface area contributed by atoms with E-state index < -0.39 is 5.41 Å². The molecule has 1 aliphatic heterocycles. The molecule has 0 saturated carbocycles. The maximum atomic E-state index is 12.7. The quantitative estimate of drug-likeness (QED) is 0.422. The molecule has 1 aromatic carbocycles. The van der Waals surface area contributed by atoms with Crippen molar-refractivity contribution in [3.05, 3.63) is 49.7 Å². The first kappa shape index (κ1) is 15.1. The molecule has 0 bridgehead atoms. The summed E-state index contributed by atoms with van der Waals surface area (Å²) in [4.78, 5) is 18.9. The van der Waals surface area contributed by atoms with E-state index in [4.69, 9.17) is 5.53 Å². The van der Waals surface area contributed by atoms with Gasteiger partial charge in [0.2, 0.25) is 5.91 Å². The summed E-state index contributed by atoms with van der Waals surface area (Å²) in [5.41, 5.74) is 9.44. The van der Waals surface area contributed by atoms with Crippen LogP contribution in [-0.2, 0) is 4.79 Å². The number of azide groups is 1. The molecule has 1 unspecified atom stereocenters. The van der Waals surface area contributed by atoms with Crippen LogP contribution in [0, 0.1) is 5.41 Å². The molecule has 7 heteroatoms. The van der Waals surface area contributed by atoms with Crippen LogP contribution in [0.2, 0.25) is 0 Å². The van der Waals surface area contributed by atoms with Gasteiger partial charge in [0.05, 0.1) is 5.41 Å². The number of benzene rings is 1. The fourth-order valence-electron chi connectivity index (χ4n) is 2.18. The average Bonchev–Trinajstić information content (AvgIpc) is 2.70. The average molecular weight is 400 g/mol. The number of anilines is 1. The maximum absolute atomic E-state index is 12.7. The molecular formula is C13H12Br2N4O. The van der Waals surface area contributed by atoms with Gasteiger partial charge < -0.3 is 4.90 Å². The van der Waals surface area contributed by atoms with E-state index in [1.165, 1.54) is 0 Å². The van der Waals surface area contributed by atoms with E-state index in [0.29, 0.717) is 6.54 Å². The second kappa shape index (κ2) is 5.99. The van der Waals surface area contributed by atoms with Crippen LogP contribution in [-0.4, -0.2) is 19.0 Å². The number of nitrogens with zero attached hydrogens (tertiary/aromatic N) is 4. The van der Waals surface area contributed by atoms with Gasteiger partial charge in [-0.25, -0.2) is 0 Å². The minimum Gasteiger partial charge on any atom is -0.308 e. The summed E-state index contributed by atoms with van der Waals surface area (Å²) in [5, 5.41) is 3.58. The maximum Gasteiger partial charge on any atom is 0.237 e. The van der Waals surface area contributed by atoms with Crippen LogP contribution in [0.25, 0.3) is 10.4 Å². The van der Waals surface area contributed by atoms with Gasteiger partial charge in [0.25, 0.3) is 0 Å². The van der Waals surface area contributed by atoms with Gasteiger partial charge in [-0.3, -0.25) is 4.79 Å². The predicted molar refractivity (Wildman–Crippen MR) is 85.6 cm³/mol. The molecule has 0 radical (unpaired) electrons. The minimum absolute atomic E-state index is 0.0575. The molecule has 1 atom stereocenters. The zero-order chi connectivity index (χ0) is 14.8. The normalized spacial score (nSPS) is 24.1. The Morgan fingerprint density at radius 3 is 2.70 bits per heavy atom. The monoisotopic (exact) mass is 398 g/mol. The smallest absolute Gasteiger partial charge is 0.237 e. The number of carbonyl (C=O) groups excluding carboxylic acids is 1. The first-order valence-corrected chi connectivity index (χ1v) is 7.62. The lowest BCUT2D eigenvalue weighted by Gasteiger charge is -2.22. The van der Waals surface area contributed by atoms with E-state index >= 15 is 0 Å². The molecule has 5 nitrogen and oxygen atoms in total. The standard InChI is InChI=1S/C13H12Br2N4O/c1-13(8-17-18-16)9(6-14)7-19(12(13)20)11-4-2-10(15)3-5-11/h2-6H,7-8H2,1H3. The van der Waals surface area contributed by atoms with Crippen LogP contribution in [0.3, 0.4) is 0 Å². The van der Waals surface area contributed by atoms with Gasteiger partial charge in [0, 0.05) is 28.2 Å². The van der Waals surface area contributed by atoms with E-state index in [0.717, 1.165) is 15.7 Å². The van der Waals surface area contributed by atoms with Crippen molar-refractivity contribution in [3.8, 4) is 0 Å². The number of hydrogen-bond donors (Lipinski definition) is 0. The Hall–Kier alpha value is -1.30. The van der Waals surface area contributed by atoms with Crippen molar-refractivity contribution in [1.29, 1.82) is 0 Å². The topological polar surface area (TPSA) is 69.1 Å². The van der Waals surface area contributed by atoms with E-state index in [9.17, 15) is 4.79 Å². The Morgan fingerprint density at radius 1 is 1.50 bits per heavy atom. The summed E-state index contributed by atoms with van der Waals surface area (Å²) in [6.07, 6.45) is 0. The Bertz CT molecular complexity index is 607. The molecule has 2 rings (SSSR count). The van der Waals surface area contributed by atoms with Crippen LogP contribution in [0.5, 0.6) is 0 Å². The molecule has 1 amide bonds. The molecule has 0 spiro atoms. The summed E-state index contributed by atoms with van der Waals surface area (Å²) in [7, 11) is 0. The highest BCUT2D eigenvalue weighted by molar-refractivity contribution is 9.11. The Kier molecular flexibility index (Phi) is 4.52. The van der Waals surface area contributed by atoms with Crippen molar-refractivity contribution in [1.82, 2.24) is 0 Å². The largest absolute Gasteiger partial charge is 0.308 e. The number of carbonyl (C=O) groups is 1. The third kappa shape index (κ3) is 2.61. The highest BCUT2D eigenvalue weighted by Gasteiger charge is 2.46. The predicted octanol–water partition coefficient (Wildman–Crippen LogP) is 4.39. The highest BCUT2D eigenvalue weighted by Crippen LogP contribution is 2.40. The number of amides is 1. The Morgan fingerprint density at radius 2 is 2.15 bits per heavy atom. The van der Waals surface area contributed by atoms with E-state index in [2.05, 4.69) is 41.9 Å². The van der Waals surface area contributed by atoms with Gasteiger partial charge >= 0.3 is 0 Å². The number of hydrogen-bond acceptors (Lipinski definition) is 2. The van der Waals surface area contributed by atoms with E-state index in [1.807, 2.05) is 24.3 Å². The van der Waals surface area contributed by atoms with Gasteiger partial charge in [0.1, 0.15) is 0 Å². The van der Waals surface area contributed by atoms with Gasteiger partial charge in [-0.15, -0.1) is 0 Å². The van der Waals surface area contributed by atoms with Crippen molar-refractivity contribution in [2.45, 2.75) is 6.92 Å². The lowest BCUT2D eigenvalue weighted by Crippen LogP contribution is -2.34. The molecular weight excluding hydrogens is 388 g/mol. The first-order chi connectivity index (χ1) is 9.52. The molecule has 1 aromatic rings. The van der Waals surface area contributed by atoms with E-state index in [-0.39, 0.29) is 12.5 Å². The first-order valence-electron chi connectivity index (χ1n) is 5.91. The van der Waals surface area contributed by atoms with Gasteiger partial charge in [0.15, 0.2) is 0 Å². The fraction of sp³-hybridized carbons (Fsp3) is 0.308. The molecule has 0 aromatic heterocycles. The van der Waals surface area contributed by atoms with Crippen molar-refractivity contribution in [2.75, 3.05) is 18.0 Å². The van der Waals surface area contributed by atoms with Crippen LogP contribution in [0.4, 0.5) is 5.69 Å². The second-order valence-corrected chi connectivity index (χ2v) is 6.10. The summed E-state index contributed by atoms with van der Waals surface area (Å²) in [6, 6.07) is 7.55. The third-order valence-corrected chi connectivity index (χ3v) is 4.56. The lowest BCUT2D eigenvalue weighted by molar-refractivity contribution is -0.123. The van der Waals surface area contributed by atoms with Gasteiger partial charge in [-0.2, -0.15) is 0 Å². The second-order valence-electron chi connectivity index (χ2n) is 4.72. The number of rotatable bonds is 3. The Balaban J connectivity index is 2.38. The molecule has 1 aliphatic rings. The molecule has 1 saturated heterocycles. The Labute approximate surface area is 133 Å². The van der Waals surface area contributed by atoms with Crippen LogP contribution in [0.1, 0.15) is 6.92 Å². The lowest BCUT2D eigenvalue weighted by atomic mass is 9.85. The molecule has 20 heavy (non-hydrogen) atoms. The third-order valence-electron chi connectivity index (χ3n) is 3.47. The fourth-order valence-corrected chi connectivity index (χ4v) is 3.09. The van der Waals surface area contributed by atoms with Gasteiger partial charge in [-0.1, -0.05) is 37.0 Å². The molecule has 104 valence electrons. The van der Waals surface area contributed by atoms with Crippen LogP contribution >= 0.6 is 31.9 Å². The van der Waals surface area contributed by atoms with Gasteiger partial charge in [-0.05, 0) is 47.3 Å².